The first kappa shape index (κ1) is 16.8. The van der Waals surface area contributed by atoms with Crippen LogP contribution in [0.4, 0.5) is 0 Å². The van der Waals surface area contributed by atoms with Gasteiger partial charge < -0.3 is 29.1 Å². The van der Waals surface area contributed by atoms with Crippen LogP contribution < -0.4 is 9.79 Å². The van der Waals surface area contributed by atoms with Crippen molar-refractivity contribution in [2.45, 2.75) is 6.92 Å². The Morgan fingerprint density at radius 1 is 1.19 bits per heavy atom. The van der Waals surface area contributed by atoms with E-state index in [1.807, 2.05) is 0 Å². The number of carbonyl (C=O) groups is 2. The molecule has 2 N–H and O–H groups in total. The highest BCUT2D eigenvalue weighted by molar-refractivity contribution is 7.43. The normalized spacial score (nSPS) is 9.44. The zero-order chi connectivity index (χ0) is 13.5. The molecular formula is C7H9O8P-2. The molecule has 0 aliphatic rings. The van der Waals surface area contributed by atoms with Crippen molar-refractivity contribution in [1.29, 1.82) is 0 Å². The quantitative estimate of drug-likeness (QED) is 0.370. The number of phosphoric acid groups is 1. The summed E-state index contributed by atoms with van der Waals surface area (Å²) in [6, 6.07) is 0. The summed E-state index contributed by atoms with van der Waals surface area (Å²) in [6.07, 6.45) is 0. The van der Waals surface area contributed by atoms with Crippen molar-refractivity contribution in [1.82, 2.24) is 0 Å². The van der Waals surface area contributed by atoms with Crippen molar-refractivity contribution in [3.05, 3.63) is 24.5 Å². The Hall–Kier alpha value is -1.63. The van der Waals surface area contributed by atoms with E-state index >= 15 is 0 Å². The molecule has 0 aromatic rings. The highest BCUT2D eigenvalue weighted by atomic mass is 31.2. The number of rotatable bonds is 4. The molecule has 0 aliphatic carbocycles. The largest absolute Gasteiger partial charge is 0.780 e. The van der Waals surface area contributed by atoms with E-state index in [1.54, 1.807) is 0 Å². The molecule has 0 amide bonds. The third kappa shape index (κ3) is 12.4. The van der Waals surface area contributed by atoms with Crippen LogP contribution in [0, 0.1) is 0 Å². The van der Waals surface area contributed by atoms with Crippen molar-refractivity contribution in [3.8, 4) is 0 Å². The van der Waals surface area contributed by atoms with Gasteiger partial charge in [0.1, 0.15) is 7.82 Å². The summed E-state index contributed by atoms with van der Waals surface area (Å²) in [7, 11) is -5.26. The Morgan fingerprint density at radius 3 is 1.56 bits per heavy atom. The summed E-state index contributed by atoms with van der Waals surface area (Å²) < 4.78 is 13.0. The molecule has 0 spiro atoms. The van der Waals surface area contributed by atoms with E-state index in [0.29, 0.717) is 0 Å². The lowest BCUT2D eigenvalue weighted by atomic mass is 10.4. The molecule has 0 saturated carbocycles. The molecule has 0 aliphatic heterocycles. The van der Waals surface area contributed by atoms with Gasteiger partial charge in [0.05, 0.1) is 0 Å². The maximum Gasteiger partial charge on any atom is 0.370 e. The van der Waals surface area contributed by atoms with E-state index in [4.69, 9.17) is 10.2 Å². The smallest absolute Gasteiger partial charge is 0.370 e. The SMILES string of the molecule is C=C(C)C(=O)O.C=C(OP(=O)([O-])[O-])C(=O)O. The van der Waals surface area contributed by atoms with Crippen molar-refractivity contribution in [2.24, 2.45) is 0 Å². The molecule has 9 heteroatoms. The minimum absolute atomic E-state index is 0.176. The number of hydrogen-bond donors (Lipinski definition) is 2. The average Bonchev–Trinajstić information content (AvgIpc) is 2.01. The van der Waals surface area contributed by atoms with E-state index in [1.165, 1.54) is 6.92 Å². The second-order valence-corrected chi connectivity index (χ2v) is 3.43. The summed E-state index contributed by atoms with van der Waals surface area (Å²) in [5.41, 5.74) is 0.176. The molecule has 8 nitrogen and oxygen atoms in total. The van der Waals surface area contributed by atoms with Crippen molar-refractivity contribution in [2.75, 3.05) is 0 Å². The lowest BCUT2D eigenvalue weighted by Crippen LogP contribution is -2.18. The second-order valence-electron chi connectivity index (χ2n) is 2.35. The Balaban J connectivity index is 0. The number of aliphatic carboxylic acids is 2. The van der Waals surface area contributed by atoms with Crippen LogP contribution in [0.25, 0.3) is 0 Å². The van der Waals surface area contributed by atoms with Crippen molar-refractivity contribution < 1.29 is 38.7 Å². The molecule has 16 heavy (non-hydrogen) atoms. The minimum Gasteiger partial charge on any atom is -0.780 e. The topological polar surface area (TPSA) is 147 Å². The Labute approximate surface area is 90.7 Å². The molecule has 0 unspecified atom stereocenters. The van der Waals surface area contributed by atoms with E-state index < -0.39 is 25.5 Å². The van der Waals surface area contributed by atoms with Gasteiger partial charge in [0.25, 0.3) is 0 Å². The first-order valence-electron chi connectivity index (χ1n) is 3.50. The molecule has 0 atom stereocenters. The number of carboxylic acid groups (broad SMARTS) is 2. The first-order valence-corrected chi connectivity index (χ1v) is 4.96. The Kier molecular flexibility index (Phi) is 7.11. The number of carboxylic acids is 2. The number of hydrogen-bond acceptors (Lipinski definition) is 6. The predicted molar refractivity (Wildman–Crippen MR) is 47.9 cm³/mol. The summed E-state index contributed by atoms with van der Waals surface area (Å²) in [5.74, 6) is -3.73. The van der Waals surface area contributed by atoms with Crippen LogP contribution in [0.3, 0.4) is 0 Å². The fraction of sp³-hybridized carbons (Fsp3) is 0.143. The molecular weight excluding hydrogens is 243 g/mol. The van der Waals surface area contributed by atoms with E-state index in [-0.39, 0.29) is 5.57 Å². The fourth-order valence-electron chi connectivity index (χ4n) is 0.174. The number of phosphoric ester groups is 1. The summed E-state index contributed by atoms with van der Waals surface area (Å²) in [5, 5.41) is 15.8. The molecule has 0 aromatic carbocycles. The molecule has 0 saturated heterocycles. The van der Waals surface area contributed by atoms with Crippen LogP contribution in [0.1, 0.15) is 6.92 Å². The highest BCUT2D eigenvalue weighted by Gasteiger charge is 2.05. The molecule has 0 heterocycles. The maximum absolute atomic E-state index is 9.75. The van der Waals surface area contributed by atoms with Crippen molar-refractivity contribution >= 4 is 19.8 Å². The van der Waals surface area contributed by atoms with Crippen LogP contribution in [-0.2, 0) is 18.7 Å². The Bertz CT molecular complexity index is 339. The van der Waals surface area contributed by atoms with Gasteiger partial charge in [-0.3, -0.25) is 0 Å². The van der Waals surface area contributed by atoms with Gasteiger partial charge in [-0.2, -0.15) is 0 Å². The van der Waals surface area contributed by atoms with Gasteiger partial charge in [0.2, 0.25) is 5.76 Å². The highest BCUT2D eigenvalue weighted by Crippen LogP contribution is 2.27. The molecule has 92 valence electrons. The van der Waals surface area contributed by atoms with Gasteiger partial charge in [0, 0.05) is 5.57 Å². The fourth-order valence-corrected chi connectivity index (χ4v) is 0.522. The zero-order valence-corrected chi connectivity index (χ0v) is 9.10. The van der Waals surface area contributed by atoms with Crippen LogP contribution in [0.2, 0.25) is 0 Å². The third-order valence-electron chi connectivity index (χ3n) is 0.826. The lowest BCUT2D eigenvalue weighted by Gasteiger charge is -2.28. The van der Waals surface area contributed by atoms with Crippen molar-refractivity contribution in [3.63, 3.8) is 0 Å². The van der Waals surface area contributed by atoms with Gasteiger partial charge in [-0.05, 0) is 13.5 Å². The maximum atomic E-state index is 9.75. The lowest BCUT2D eigenvalue weighted by molar-refractivity contribution is -0.338. The van der Waals surface area contributed by atoms with Crippen LogP contribution in [-0.4, -0.2) is 22.2 Å². The van der Waals surface area contributed by atoms with Crippen LogP contribution >= 0.6 is 7.82 Å². The minimum atomic E-state index is -5.26. The monoisotopic (exact) mass is 252 g/mol. The van der Waals surface area contributed by atoms with Gasteiger partial charge in [-0.25, -0.2) is 9.59 Å². The summed E-state index contributed by atoms with van der Waals surface area (Å²) in [6.45, 7) is 7.25. The summed E-state index contributed by atoms with van der Waals surface area (Å²) >= 11 is 0. The van der Waals surface area contributed by atoms with Crippen LogP contribution in [0.15, 0.2) is 24.5 Å². The average molecular weight is 252 g/mol. The molecule has 0 aromatic heterocycles. The third-order valence-corrected chi connectivity index (χ3v) is 1.27. The molecule has 0 rings (SSSR count). The van der Waals surface area contributed by atoms with Gasteiger partial charge in [-0.15, -0.1) is 0 Å². The van der Waals surface area contributed by atoms with Gasteiger partial charge >= 0.3 is 11.9 Å². The van der Waals surface area contributed by atoms with E-state index in [9.17, 15) is 23.9 Å². The van der Waals surface area contributed by atoms with Crippen LogP contribution in [0.5, 0.6) is 0 Å². The first-order chi connectivity index (χ1) is 6.97. The van der Waals surface area contributed by atoms with E-state index in [2.05, 4.69) is 17.7 Å². The predicted octanol–water partition coefficient (Wildman–Crippen LogP) is -0.923. The van der Waals surface area contributed by atoms with Gasteiger partial charge in [0.15, 0.2) is 0 Å². The second kappa shape index (κ2) is 6.78. The Morgan fingerprint density at radius 2 is 1.50 bits per heavy atom. The van der Waals surface area contributed by atoms with E-state index in [0.717, 1.165) is 0 Å². The molecule has 0 bridgehead atoms. The molecule has 0 fully saturated rings. The zero-order valence-electron chi connectivity index (χ0n) is 8.21. The summed E-state index contributed by atoms with van der Waals surface area (Å²) in [4.78, 5) is 38.7. The standard InChI is InChI=1S/C4H6O2.C3H5O6P/c1-3(2)4(5)6;1-2(3(4)5)9-10(6,7)8/h1H2,2H3,(H,5,6);1H2,(H,4,5)(H2,6,7,8)/p-2. The molecule has 0 radical (unpaired) electrons. The van der Waals surface area contributed by atoms with Gasteiger partial charge in [-0.1, -0.05) is 6.58 Å².